The van der Waals surface area contributed by atoms with Crippen LogP contribution in [0.25, 0.3) is 0 Å². The van der Waals surface area contributed by atoms with Crippen LogP contribution in [-0.4, -0.2) is 24.0 Å². The molecule has 2 rings (SSSR count). The van der Waals surface area contributed by atoms with Gasteiger partial charge in [-0.1, -0.05) is 25.0 Å². The molecule has 1 fully saturated rings. The first-order valence-electron chi connectivity index (χ1n) is 7.01. The van der Waals surface area contributed by atoms with Crippen molar-refractivity contribution in [2.75, 3.05) is 13.1 Å². The first kappa shape index (κ1) is 12.6. The van der Waals surface area contributed by atoms with E-state index in [1.165, 1.54) is 31.3 Å². The second-order valence-electron chi connectivity index (χ2n) is 5.86. The van der Waals surface area contributed by atoms with E-state index in [-0.39, 0.29) is 6.04 Å². The fourth-order valence-electron chi connectivity index (χ4n) is 3.52. The highest BCUT2D eigenvalue weighted by Gasteiger charge is 2.31. The number of nitrogens with zero attached hydrogens (tertiary/aromatic N) is 2. The maximum atomic E-state index is 9.49. The Bertz CT molecular complexity index is 320. The Morgan fingerprint density at radius 3 is 2.65 bits per heavy atom. The fraction of sp³-hybridized carbons (Fsp3) is 0.800. The van der Waals surface area contributed by atoms with Crippen LogP contribution in [-0.2, 0) is 0 Å². The average Bonchev–Trinajstić information content (AvgIpc) is 2.30. The number of piperidine rings is 1. The molecule has 0 amide bonds. The molecule has 17 heavy (non-hydrogen) atoms. The van der Waals surface area contributed by atoms with E-state index in [9.17, 15) is 5.26 Å². The van der Waals surface area contributed by atoms with Crippen LogP contribution in [0.15, 0.2) is 11.6 Å². The third-order valence-corrected chi connectivity index (χ3v) is 4.19. The van der Waals surface area contributed by atoms with Crippen molar-refractivity contribution in [1.82, 2.24) is 4.90 Å². The highest BCUT2D eigenvalue weighted by molar-refractivity contribution is 5.11. The maximum Gasteiger partial charge on any atom is 0.101 e. The second kappa shape index (κ2) is 5.69. The summed E-state index contributed by atoms with van der Waals surface area (Å²) in [6, 6.07) is 2.74. The summed E-state index contributed by atoms with van der Waals surface area (Å²) in [5.74, 6) is 1.20. The molecule has 0 N–H and O–H groups in total. The van der Waals surface area contributed by atoms with Gasteiger partial charge in [-0.05, 0) is 57.5 Å². The zero-order chi connectivity index (χ0) is 12.3. The van der Waals surface area contributed by atoms with Gasteiger partial charge in [-0.15, -0.1) is 0 Å². The van der Waals surface area contributed by atoms with E-state index in [0.717, 1.165) is 19.5 Å². The van der Waals surface area contributed by atoms with Crippen LogP contribution < -0.4 is 0 Å². The molecule has 94 valence electrons. The van der Waals surface area contributed by atoms with Crippen LogP contribution in [0.1, 0.15) is 46.0 Å². The van der Waals surface area contributed by atoms with Crippen molar-refractivity contribution in [3.63, 3.8) is 0 Å². The molecule has 0 radical (unpaired) electrons. The summed E-state index contributed by atoms with van der Waals surface area (Å²) in [4.78, 5) is 2.43. The summed E-state index contributed by atoms with van der Waals surface area (Å²) in [6.45, 7) is 6.76. The van der Waals surface area contributed by atoms with Crippen molar-refractivity contribution in [2.45, 2.75) is 52.0 Å². The van der Waals surface area contributed by atoms with Gasteiger partial charge < -0.3 is 0 Å². The Morgan fingerprint density at radius 2 is 2.06 bits per heavy atom. The first-order valence-corrected chi connectivity index (χ1v) is 7.01. The van der Waals surface area contributed by atoms with E-state index < -0.39 is 0 Å². The lowest BCUT2D eigenvalue weighted by molar-refractivity contribution is 0.139. The zero-order valence-electron chi connectivity index (χ0n) is 11.2. The smallest absolute Gasteiger partial charge is 0.101 e. The number of rotatable bonds is 2. The molecule has 1 heterocycles. The molecule has 0 aromatic rings. The van der Waals surface area contributed by atoms with E-state index in [0.29, 0.717) is 11.8 Å². The molecular formula is C15H24N2. The Labute approximate surface area is 105 Å². The molecule has 0 bridgehead atoms. The van der Waals surface area contributed by atoms with Gasteiger partial charge in [-0.25, -0.2) is 0 Å². The third kappa shape index (κ3) is 3.10. The van der Waals surface area contributed by atoms with Gasteiger partial charge in [0, 0.05) is 0 Å². The number of likely N-dealkylation sites (tertiary alicyclic amines) is 1. The van der Waals surface area contributed by atoms with Gasteiger partial charge in [0.25, 0.3) is 0 Å². The quantitative estimate of drug-likeness (QED) is 0.683. The number of nitriles is 1. The predicted octanol–water partition coefficient (Wildman–Crippen LogP) is 3.36. The SMILES string of the molecule is CC1=CC(C)CC(C(C#N)N2CCCCC2)C1. The van der Waals surface area contributed by atoms with Gasteiger partial charge in [-0.2, -0.15) is 5.26 Å². The zero-order valence-corrected chi connectivity index (χ0v) is 11.2. The molecule has 0 spiro atoms. The van der Waals surface area contributed by atoms with Gasteiger partial charge in [0.2, 0.25) is 0 Å². The molecule has 3 unspecified atom stereocenters. The first-order chi connectivity index (χ1) is 8.20. The molecule has 1 aliphatic heterocycles. The molecule has 2 nitrogen and oxygen atoms in total. The highest BCUT2D eigenvalue weighted by atomic mass is 15.2. The van der Waals surface area contributed by atoms with Gasteiger partial charge in [-0.3, -0.25) is 4.90 Å². The summed E-state index contributed by atoms with van der Waals surface area (Å²) < 4.78 is 0. The largest absolute Gasteiger partial charge is 0.288 e. The number of hydrogen-bond donors (Lipinski definition) is 0. The molecule has 0 aromatic carbocycles. The molecule has 1 saturated heterocycles. The summed E-state index contributed by atoms with van der Waals surface area (Å²) in [6.07, 6.45) is 8.57. The normalized spacial score (nSPS) is 32.6. The van der Waals surface area contributed by atoms with Crippen LogP contribution in [0, 0.1) is 23.2 Å². The monoisotopic (exact) mass is 232 g/mol. The lowest BCUT2D eigenvalue weighted by atomic mass is 9.79. The van der Waals surface area contributed by atoms with Gasteiger partial charge in [0.1, 0.15) is 6.04 Å². The van der Waals surface area contributed by atoms with Gasteiger partial charge in [0.15, 0.2) is 0 Å². The van der Waals surface area contributed by atoms with Crippen molar-refractivity contribution in [3.8, 4) is 6.07 Å². The molecule has 0 saturated carbocycles. The van der Waals surface area contributed by atoms with Gasteiger partial charge in [0.05, 0.1) is 6.07 Å². The Kier molecular flexibility index (Phi) is 4.23. The van der Waals surface area contributed by atoms with Crippen molar-refractivity contribution in [1.29, 1.82) is 5.26 Å². The summed E-state index contributed by atoms with van der Waals surface area (Å²) in [5, 5.41) is 9.49. The minimum atomic E-state index is 0.154. The summed E-state index contributed by atoms with van der Waals surface area (Å²) >= 11 is 0. The molecule has 2 heteroatoms. The average molecular weight is 232 g/mol. The predicted molar refractivity (Wildman–Crippen MR) is 70.5 cm³/mol. The van der Waals surface area contributed by atoms with Crippen molar-refractivity contribution in [3.05, 3.63) is 11.6 Å². The third-order valence-electron chi connectivity index (χ3n) is 4.19. The van der Waals surface area contributed by atoms with E-state index in [2.05, 4.69) is 30.9 Å². The maximum absolute atomic E-state index is 9.49. The Hall–Kier alpha value is -0.810. The molecule has 0 aromatic heterocycles. The van der Waals surface area contributed by atoms with Crippen LogP contribution in [0.2, 0.25) is 0 Å². The minimum Gasteiger partial charge on any atom is -0.288 e. The summed E-state index contributed by atoms with van der Waals surface area (Å²) in [7, 11) is 0. The van der Waals surface area contributed by atoms with E-state index >= 15 is 0 Å². The molecular weight excluding hydrogens is 208 g/mol. The molecule has 3 atom stereocenters. The minimum absolute atomic E-state index is 0.154. The fourth-order valence-corrected chi connectivity index (χ4v) is 3.52. The van der Waals surface area contributed by atoms with E-state index in [1.54, 1.807) is 0 Å². The summed E-state index contributed by atoms with van der Waals surface area (Å²) in [5.41, 5.74) is 1.48. The molecule has 2 aliphatic rings. The standard InChI is InChI=1S/C15H24N2/c1-12-8-13(2)10-14(9-12)15(11-16)17-6-4-3-5-7-17/h8,12,14-15H,3-7,9-10H2,1-2H3. The van der Waals surface area contributed by atoms with E-state index in [1.807, 2.05) is 0 Å². The van der Waals surface area contributed by atoms with Crippen LogP contribution in [0.5, 0.6) is 0 Å². The van der Waals surface area contributed by atoms with Crippen LogP contribution >= 0.6 is 0 Å². The Morgan fingerprint density at radius 1 is 1.35 bits per heavy atom. The number of allylic oxidation sites excluding steroid dienone is 2. The van der Waals surface area contributed by atoms with Crippen LogP contribution in [0.4, 0.5) is 0 Å². The Balaban J connectivity index is 2.03. The molecule has 1 aliphatic carbocycles. The second-order valence-corrected chi connectivity index (χ2v) is 5.86. The van der Waals surface area contributed by atoms with Crippen LogP contribution in [0.3, 0.4) is 0 Å². The van der Waals surface area contributed by atoms with Gasteiger partial charge >= 0.3 is 0 Å². The number of hydrogen-bond acceptors (Lipinski definition) is 2. The lowest BCUT2D eigenvalue weighted by Crippen LogP contribution is -2.43. The van der Waals surface area contributed by atoms with Crippen molar-refractivity contribution >= 4 is 0 Å². The highest BCUT2D eigenvalue weighted by Crippen LogP contribution is 2.32. The lowest BCUT2D eigenvalue weighted by Gasteiger charge is -2.37. The van der Waals surface area contributed by atoms with E-state index in [4.69, 9.17) is 0 Å². The van der Waals surface area contributed by atoms with Crippen molar-refractivity contribution in [2.24, 2.45) is 11.8 Å². The van der Waals surface area contributed by atoms with Crippen molar-refractivity contribution < 1.29 is 0 Å². The topological polar surface area (TPSA) is 27.0 Å².